The van der Waals surface area contributed by atoms with E-state index in [-0.39, 0.29) is 57.3 Å². The van der Waals surface area contributed by atoms with Gasteiger partial charge in [-0.2, -0.15) is 0 Å². The summed E-state index contributed by atoms with van der Waals surface area (Å²) in [6, 6.07) is 0. The van der Waals surface area contributed by atoms with E-state index in [0.29, 0.717) is 0 Å². The number of aliphatic carboxylic acids is 1. The molecule has 0 unspecified atom stereocenters. The third-order valence-electron chi connectivity index (χ3n) is 0.482. The van der Waals surface area contributed by atoms with E-state index >= 15 is 0 Å². The van der Waals surface area contributed by atoms with Crippen LogP contribution in [0.15, 0.2) is 0 Å². The molecule has 0 saturated heterocycles. The number of carboxylic acids is 1. The summed E-state index contributed by atoms with van der Waals surface area (Å²) < 4.78 is 0. The molecule has 1 amide bonds. The number of hydrogen-bond acceptors (Lipinski definition) is 3. The molecule has 0 aromatic carbocycles. The van der Waals surface area contributed by atoms with Crippen LogP contribution >= 0.6 is 0 Å². The van der Waals surface area contributed by atoms with Crippen molar-refractivity contribution in [2.45, 2.75) is 6.92 Å². The molecule has 0 aliphatic heterocycles. The molecule has 0 fully saturated rings. The fraction of sp³-hybridized carbons (Fsp3) is 0.500. The fourth-order valence-electron chi connectivity index (χ4n) is 0.197. The molecule has 0 bridgehead atoms. The maximum atomic E-state index is 9.95. The number of carbonyl (C=O) groups is 2. The second kappa shape index (κ2) is 6.69. The van der Waals surface area contributed by atoms with Crippen LogP contribution in [0.4, 0.5) is 0 Å². The van der Waals surface area contributed by atoms with Crippen LogP contribution < -0.4 is 61.8 Å². The van der Waals surface area contributed by atoms with E-state index < -0.39 is 12.5 Å². The predicted octanol–water partition coefficient (Wildman–Crippen LogP) is -5.12. The largest absolute Gasteiger partial charge is 1.00 e. The number of rotatable bonds is 2. The molecule has 46 valence electrons. The number of amides is 1. The molecule has 0 saturated carbocycles. The van der Waals surface area contributed by atoms with Gasteiger partial charge in [0.2, 0.25) is 5.91 Å². The van der Waals surface area contributed by atoms with Gasteiger partial charge in [-0.25, -0.2) is 0 Å². The minimum atomic E-state index is -1.28. The summed E-state index contributed by atoms with van der Waals surface area (Å²) >= 11 is 0. The SMILES string of the molecule is CC(=O)NCC(=O)[O-].[K+]. The summed E-state index contributed by atoms with van der Waals surface area (Å²) in [5, 5.41) is 11.6. The van der Waals surface area contributed by atoms with Crippen molar-refractivity contribution in [1.82, 2.24) is 5.32 Å². The van der Waals surface area contributed by atoms with Gasteiger partial charge in [0.15, 0.2) is 0 Å². The number of carboxylic acid groups (broad SMARTS) is 1. The van der Waals surface area contributed by atoms with Gasteiger partial charge in [0, 0.05) is 6.92 Å². The zero-order valence-electron chi connectivity index (χ0n) is 5.43. The van der Waals surface area contributed by atoms with Crippen LogP contribution in [0.1, 0.15) is 6.92 Å². The van der Waals surface area contributed by atoms with Gasteiger partial charge in [-0.05, 0) is 0 Å². The first-order valence-electron chi connectivity index (χ1n) is 2.07. The fourth-order valence-corrected chi connectivity index (χ4v) is 0.197. The normalized spacial score (nSPS) is 7.22. The maximum absolute atomic E-state index is 9.95. The second-order valence-corrected chi connectivity index (χ2v) is 1.28. The third-order valence-corrected chi connectivity index (χ3v) is 0.482. The first-order chi connectivity index (χ1) is 3.63. The van der Waals surface area contributed by atoms with Crippen molar-refractivity contribution in [2.75, 3.05) is 6.54 Å². The number of nitrogens with one attached hydrogen (secondary N) is 1. The molecular formula is C4H6KNO3. The molecule has 0 aliphatic rings. The Labute approximate surface area is 95.4 Å². The average molecular weight is 155 g/mol. The van der Waals surface area contributed by atoms with Gasteiger partial charge in [0.1, 0.15) is 0 Å². The van der Waals surface area contributed by atoms with Crippen LogP contribution in [0.3, 0.4) is 0 Å². The van der Waals surface area contributed by atoms with Crippen LogP contribution in [0.25, 0.3) is 0 Å². The quantitative estimate of drug-likeness (QED) is 0.405. The van der Waals surface area contributed by atoms with Gasteiger partial charge in [-0.15, -0.1) is 0 Å². The topological polar surface area (TPSA) is 69.2 Å². The van der Waals surface area contributed by atoms with E-state index in [1.165, 1.54) is 6.92 Å². The van der Waals surface area contributed by atoms with Crippen LogP contribution in [0.5, 0.6) is 0 Å². The molecule has 1 N–H and O–H groups in total. The Morgan fingerprint density at radius 1 is 1.56 bits per heavy atom. The van der Waals surface area contributed by atoms with Gasteiger partial charge in [0.05, 0.1) is 12.5 Å². The molecule has 0 radical (unpaired) electrons. The Hall–Kier alpha value is 0.576. The van der Waals surface area contributed by atoms with Crippen LogP contribution in [-0.4, -0.2) is 18.4 Å². The van der Waals surface area contributed by atoms with Gasteiger partial charge < -0.3 is 15.2 Å². The van der Waals surface area contributed by atoms with Gasteiger partial charge in [-0.1, -0.05) is 0 Å². The summed E-state index contributed by atoms with van der Waals surface area (Å²) in [6.45, 7) is 0.832. The summed E-state index contributed by atoms with van der Waals surface area (Å²) in [5.74, 6) is -1.64. The Morgan fingerprint density at radius 2 is 2.00 bits per heavy atom. The first-order valence-corrected chi connectivity index (χ1v) is 2.07. The number of hydrogen-bond donors (Lipinski definition) is 1. The van der Waals surface area contributed by atoms with Crippen LogP contribution in [0, 0.1) is 0 Å². The maximum Gasteiger partial charge on any atom is 1.00 e. The van der Waals surface area contributed by atoms with E-state index in [2.05, 4.69) is 0 Å². The Balaban J connectivity index is 0. The molecule has 5 heteroatoms. The van der Waals surface area contributed by atoms with Crippen molar-refractivity contribution in [1.29, 1.82) is 0 Å². The Bertz CT molecular complexity index is 100. The van der Waals surface area contributed by atoms with Crippen LogP contribution in [-0.2, 0) is 9.59 Å². The number of carbonyl (C=O) groups excluding carboxylic acids is 2. The first kappa shape index (κ1) is 12.3. The smallest absolute Gasteiger partial charge is 0.548 e. The Kier molecular flexibility index (Phi) is 9.13. The molecule has 9 heavy (non-hydrogen) atoms. The predicted molar refractivity (Wildman–Crippen MR) is 23.7 cm³/mol. The summed E-state index contributed by atoms with van der Waals surface area (Å²) in [7, 11) is 0. The van der Waals surface area contributed by atoms with Crippen molar-refractivity contribution in [2.24, 2.45) is 0 Å². The summed E-state index contributed by atoms with van der Waals surface area (Å²) in [5.41, 5.74) is 0. The van der Waals surface area contributed by atoms with Gasteiger partial charge >= 0.3 is 51.4 Å². The van der Waals surface area contributed by atoms with E-state index in [9.17, 15) is 14.7 Å². The standard InChI is InChI=1S/C4H7NO3.K/c1-3(6)5-2-4(7)8;/h2H2,1H3,(H,5,6)(H,7,8);/q;+1/p-1. The van der Waals surface area contributed by atoms with Crippen molar-refractivity contribution in [3.8, 4) is 0 Å². The molecule has 4 nitrogen and oxygen atoms in total. The molecular weight excluding hydrogens is 149 g/mol. The molecule has 0 aliphatic carbocycles. The molecule has 0 atom stereocenters. The average Bonchev–Trinajstić information content (AvgIpc) is 1.61. The Morgan fingerprint density at radius 3 is 2.11 bits per heavy atom. The third kappa shape index (κ3) is 11.9. The second-order valence-electron chi connectivity index (χ2n) is 1.28. The van der Waals surface area contributed by atoms with Gasteiger partial charge in [0.25, 0.3) is 0 Å². The zero-order chi connectivity index (χ0) is 6.57. The summed E-state index contributed by atoms with van der Waals surface area (Å²) in [4.78, 5) is 19.5. The molecule has 0 heterocycles. The van der Waals surface area contributed by atoms with Crippen molar-refractivity contribution in [3.05, 3.63) is 0 Å². The van der Waals surface area contributed by atoms with Gasteiger partial charge in [-0.3, -0.25) is 4.79 Å². The van der Waals surface area contributed by atoms with E-state index in [4.69, 9.17) is 0 Å². The minimum absolute atomic E-state index is 0. The molecule has 0 rings (SSSR count). The van der Waals surface area contributed by atoms with E-state index in [1.807, 2.05) is 5.32 Å². The van der Waals surface area contributed by atoms with Crippen molar-refractivity contribution in [3.63, 3.8) is 0 Å². The zero-order valence-corrected chi connectivity index (χ0v) is 8.55. The van der Waals surface area contributed by atoms with Crippen molar-refractivity contribution >= 4 is 11.9 Å². The van der Waals surface area contributed by atoms with E-state index in [0.717, 1.165) is 0 Å². The van der Waals surface area contributed by atoms with Crippen LogP contribution in [0.2, 0.25) is 0 Å². The van der Waals surface area contributed by atoms with Crippen molar-refractivity contribution < 1.29 is 66.1 Å². The molecule has 0 spiro atoms. The van der Waals surface area contributed by atoms with E-state index in [1.54, 1.807) is 0 Å². The molecule has 0 aromatic heterocycles. The monoisotopic (exact) mass is 155 g/mol. The molecule has 0 aromatic rings. The minimum Gasteiger partial charge on any atom is -0.548 e. The summed E-state index contributed by atoms with van der Waals surface area (Å²) in [6.07, 6.45) is 0.